The number of rotatable bonds is 7. The minimum atomic E-state index is -0.466. The molecule has 0 unspecified atom stereocenters. The predicted octanol–water partition coefficient (Wildman–Crippen LogP) is 4.18. The number of anilines is 2. The fourth-order valence-corrected chi connectivity index (χ4v) is 5.88. The molecular weight excluding hydrogens is 566 g/mol. The number of aliphatic hydroxyl groups is 1. The summed E-state index contributed by atoms with van der Waals surface area (Å²) in [5, 5.41) is 18.7. The highest BCUT2D eigenvalue weighted by molar-refractivity contribution is 6.00. The summed E-state index contributed by atoms with van der Waals surface area (Å²) in [6.07, 6.45) is 5.03. The summed E-state index contributed by atoms with van der Waals surface area (Å²) < 4.78 is 17.2. The number of ether oxygens (including phenoxy) is 3. The van der Waals surface area contributed by atoms with E-state index in [2.05, 4.69) is 16.0 Å². The highest BCUT2D eigenvalue weighted by Gasteiger charge is 2.32. The van der Waals surface area contributed by atoms with Crippen LogP contribution in [0.25, 0.3) is 0 Å². The van der Waals surface area contributed by atoms with Gasteiger partial charge in [-0.15, -0.1) is 0 Å². The molecule has 0 radical (unpaired) electrons. The Bertz CT molecular complexity index is 1350. The van der Waals surface area contributed by atoms with Crippen molar-refractivity contribution in [2.45, 2.75) is 70.6 Å². The smallest absolute Gasteiger partial charge is 0.323 e. The minimum Gasteiger partial charge on any atom is -0.488 e. The van der Waals surface area contributed by atoms with Crippen molar-refractivity contribution >= 4 is 29.3 Å². The number of carbonyl (C=O) groups is 3. The number of hydrogen-bond acceptors (Lipinski definition) is 7. The predicted molar refractivity (Wildman–Crippen MR) is 165 cm³/mol. The van der Waals surface area contributed by atoms with E-state index in [-0.39, 0.29) is 43.7 Å². The van der Waals surface area contributed by atoms with Crippen molar-refractivity contribution in [2.75, 3.05) is 44.2 Å². The normalized spacial score (nSPS) is 20.7. The molecule has 3 aliphatic rings. The molecule has 2 aromatic carbocycles. The summed E-state index contributed by atoms with van der Waals surface area (Å²) in [4.78, 5) is 42.7. The summed E-state index contributed by atoms with van der Waals surface area (Å²) in [5.74, 6) is 1.38. The van der Waals surface area contributed by atoms with Crippen LogP contribution in [0, 0.1) is 5.92 Å². The van der Waals surface area contributed by atoms with Gasteiger partial charge in [0.1, 0.15) is 11.9 Å². The number of nitrogens with one attached hydrogen (secondary N) is 3. The molecule has 1 fully saturated rings. The number of benzene rings is 2. The van der Waals surface area contributed by atoms with Gasteiger partial charge in [-0.3, -0.25) is 4.79 Å². The van der Waals surface area contributed by atoms with E-state index < -0.39 is 18.2 Å². The number of aliphatic hydroxyl groups excluding tert-OH is 1. The molecule has 2 aromatic rings. The molecule has 5 rings (SSSR count). The zero-order valence-corrected chi connectivity index (χ0v) is 25.6. The van der Waals surface area contributed by atoms with E-state index in [1.165, 1.54) is 6.42 Å². The summed E-state index contributed by atoms with van der Waals surface area (Å²) >= 11 is 0. The highest BCUT2D eigenvalue weighted by Crippen LogP contribution is 2.34. The van der Waals surface area contributed by atoms with Crippen LogP contribution in [0.2, 0.25) is 0 Å². The molecule has 2 aliphatic heterocycles. The van der Waals surface area contributed by atoms with Gasteiger partial charge in [0.15, 0.2) is 11.5 Å². The monoisotopic (exact) mass is 609 g/mol. The van der Waals surface area contributed by atoms with Crippen LogP contribution in [0.3, 0.4) is 0 Å². The van der Waals surface area contributed by atoms with Gasteiger partial charge in [-0.05, 0) is 50.1 Å². The lowest BCUT2D eigenvalue weighted by Gasteiger charge is -2.34. The van der Waals surface area contributed by atoms with Gasteiger partial charge in [-0.25, -0.2) is 9.59 Å². The first-order valence-corrected chi connectivity index (χ1v) is 15.4. The second-order valence-electron chi connectivity index (χ2n) is 12.0. The van der Waals surface area contributed by atoms with Crippen molar-refractivity contribution in [3.8, 4) is 17.2 Å². The molecule has 1 aliphatic carbocycles. The van der Waals surface area contributed by atoms with E-state index >= 15 is 0 Å². The summed E-state index contributed by atoms with van der Waals surface area (Å²) in [6.45, 7) is 4.43. The van der Waals surface area contributed by atoms with E-state index in [0.29, 0.717) is 47.3 Å². The van der Waals surface area contributed by atoms with Gasteiger partial charge in [0, 0.05) is 48.6 Å². The number of nitrogens with zero attached hydrogens (tertiary/aromatic N) is 2. The Morgan fingerprint density at radius 1 is 1.02 bits per heavy atom. The van der Waals surface area contributed by atoms with Crippen LogP contribution in [0.4, 0.5) is 21.0 Å². The molecule has 0 saturated heterocycles. The first-order valence-electron chi connectivity index (χ1n) is 15.4. The van der Waals surface area contributed by atoms with Crippen molar-refractivity contribution in [3.63, 3.8) is 0 Å². The van der Waals surface area contributed by atoms with Gasteiger partial charge in [-0.1, -0.05) is 26.2 Å². The molecule has 5 amide bonds. The lowest BCUT2D eigenvalue weighted by Crippen LogP contribution is -2.50. The summed E-state index contributed by atoms with van der Waals surface area (Å²) in [6, 6.07) is 9.49. The van der Waals surface area contributed by atoms with Crippen molar-refractivity contribution in [1.29, 1.82) is 0 Å². The van der Waals surface area contributed by atoms with Gasteiger partial charge >= 0.3 is 12.1 Å². The molecule has 12 heteroatoms. The maximum absolute atomic E-state index is 13.5. The molecule has 0 spiro atoms. The standard InChI is InChI=1S/C32H43N5O7/c1-20-16-37(21(2)18-38)30(39)14-22-13-24(33-31(40)34-25-10-12-27-28(15-25)43-19-42-27)9-11-26(22)44-29(20)17-36(3)32(41)35-23-7-5-4-6-8-23/h9-13,15,20-21,23,29,38H,4-8,14,16-19H2,1-3H3,(H,35,41)(H2,33,34,40)/t20-,21-,29-/m1/s1. The number of amides is 5. The Kier molecular flexibility index (Phi) is 9.99. The molecule has 0 bridgehead atoms. The fourth-order valence-electron chi connectivity index (χ4n) is 5.88. The van der Waals surface area contributed by atoms with Gasteiger partial charge in [0.05, 0.1) is 25.6 Å². The van der Waals surface area contributed by atoms with E-state index in [9.17, 15) is 19.5 Å². The third-order valence-electron chi connectivity index (χ3n) is 8.54. The molecule has 44 heavy (non-hydrogen) atoms. The van der Waals surface area contributed by atoms with Crippen LogP contribution in [0.1, 0.15) is 51.5 Å². The third-order valence-corrected chi connectivity index (χ3v) is 8.54. The van der Waals surface area contributed by atoms with Gasteiger partial charge in [-0.2, -0.15) is 0 Å². The largest absolute Gasteiger partial charge is 0.488 e. The Hall–Kier alpha value is -4.19. The summed E-state index contributed by atoms with van der Waals surface area (Å²) in [7, 11) is 1.76. The van der Waals surface area contributed by atoms with Crippen molar-refractivity contribution in [2.24, 2.45) is 5.92 Å². The molecule has 0 aromatic heterocycles. The molecule has 1 saturated carbocycles. The average Bonchev–Trinajstić information content (AvgIpc) is 3.49. The molecule has 2 heterocycles. The molecule has 12 nitrogen and oxygen atoms in total. The zero-order chi connectivity index (χ0) is 31.2. The lowest BCUT2D eigenvalue weighted by atomic mass is 9.96. The first kappa shape index (κ1) is 31.2. The van der Waals surface area contributed by atoms with E-state index in [1.807, 2.05) is 13.8 Å². The quantitative estimate of drug-likeness (QED) is 0.369. The topological polar surface area (TPSA) is 142 Å². The van der Waals surface area contributed by atoms with Crippen LogP contribution in [-0.4, -0.2) is 84.6 Å². The highest BCUT2D eigenvalue weighted by atomic mass is 16.7. The van der Waals surface area contributed by atoms with Crippen LogP contribution < -0.4 is 30.2 Å². The van der Waals surface area contributed by atoms with Crippen molar-refractivity contribution in [3.05, 3.63) is 42.0 Å². The Balaban J connectivity index is 1.32. The number of carbonyl (C=O) groups excluding carboxylic acids is 3. The van der Waals surface area contributed by atoms with Crippen molar-refractivity contribution < 1.29 is 33.7 Å². The second kappa shape index (κ2) is 14.1. The molecule has 238 valence electrons. The number of fused-ring (bicyclic) bond motifs is 2. The lowest BCUT2D eigenvalue weighted by molar-refractivity contribution is -0.134. The number of urea groups is 2. The van der Waals surface area contributed by atoms with E-state index in [1.54, 1.807) is 53.2 Å². The maximum atomic E-state index is 13.5. The zero-order valence-electron chi connectivity index (χ0n) is 25.6. The van der Waals surface area contributed by atoms with Crippen LogP contribution in [-0.2, 0) is 11.2 Å². The summed E-state index contributed by atoms with van der Waals surface area (Å²) in [5.41, 5.74) is 1.61. The van der Waals surface area contributed by atoms with Crippen LogP contribution in [0.5, 0.6) is 17.2 Å². The fraction of sp³-hybridized carbons (Fsp3) is 0.531. The Morgan fingerprint density at radius 2 is 1.70 bits per heavy atom. The van der Waals surface area contributed by atoms with Gasteiger partial charge in [0.25, 0.3) is 0 Å². The minimum absolute atomic E-state index is 0.0242. The van der Waals surface area contributed by atoms with E-state index in [0.717, 1.165) is 25.7 Å². The Morgan fingerprint density at radius 3 is 2.43 bits per heavy atom. The van der Waals surface area contributed by atoms with Gasteiger partial charge in [0.2, 0.25) is 12.7 Å². The average molecular weight is 610 g/mol. The third kappa shape index (κ3) is 7.65. The second-order valence-corrected chi connectivity index (χ2v) is 12.0. The van der Waals surface area contributed by atoms with Crippen LogP contribution >= 0.6 is 0 Å². The molecule has 3 atom stereocenters. The van der Waals surface area contributed by atoms with Crippen molar-refractivity contribution in [1.82, 2.24) is 15.1 Å². The SMILES string of the molecule is C[C@@H]1CN([C@H](C)CO)C(=O)Cc2cc(NC(=O)Nc3ccc4c(c3)OCO4)ccc2O[C@@H]1CN(C)C(=O)NC1CCCCC1. The molecule has 4 N–H and O–H groups in total. The van der Waals surface area contributed by atoms with Crippen LogP contribution in [0.15, 0.2) is 36.4 Å². The number of hydrogen-bond donors (Lipinski definition) is 4. The van der Waals surface area contributed by atoms with Gasteiger partial charge < -0.3 is 45.1 Å². The van der Waals surface area contributed by atoms with E-state index in [4.69, 9.17) is 14.2 Å². The maximum Gasteiger partial charge on any atom is 0.323 e. The first-order chi connectivity index (χ1) is 21.2. The Labute approximate surface area is 258 Å². The number of likely N-dealkylation sites (N-methyl/N-ethyl adjacent to an activating group) is 1. The molecular formula is C32H43N5O7.